The average Bonchev–Trinajstić information content (AvgIpc) is 2.55. The van der Waals surface area contributed by atoms with Crippen molar-refractivity contribution in [3.63, 3.8) is 0 Å². The topological polar surface area (TPSA) is 33.1 Å². The van der Waals surface area contributed by atoms with Crippen LogP contribution in [0.25, 0.3) is 10.8 Å². The zero-order chi connectivity index (χ0) is 14.3. The molecule has 1 aliphatic carbocycles. The Morgan fingerprint density at radius 1 is 0.952 bits per heavy atom. The van der Waals surface area contributed by atoms with Crippen molar-refractivity contribution in [3.8, 4) is 0 Å². The van der Waals surface area contributed by atoms with Gasteiger partial charge < -0.3 is 5.11 Å². The van der Waals surface area contributed by atoms with Gasteiger partial charge in [-0.1, -0.05) is 42.5 Å². The van der Waals surface area contributed by atoms with E-state index < -0.39 is 5.60 Å². The van der Waals surface area contributed by atoms with Crippen molar-refractivity contribution in [3.05, 3.63) is 77.6 Å². The minimum Gasteiger partial charge on any atom is -0.380 e. The van der Waals surface area contributed by atoms with Gasteiger partial charge in [0.15, 0.2) is 0 Å². The first-order valence-electron chi connectivity index (χ1n) is 7.43. The number of aliphatic hydroxyl groups is 1. The lowest BCUT2D eigenvalue weighted by atomic mass is 9.74. The zero-order valence-corrected chi connectivity index (χ0v) is 11.8. The van der Waals surface area contributed by atoms with Crippen molar-refractivity contribution in [2.75, 3.05) is 0 Å². The van der Waals surface area contributed by atoms with E-state index >= 15 is 0 Å². The molecule has 0 saturated carbocycles. The fourth-order valence-electron chi connectivity index (χ4n) is 3.57. The number of aryl methyl sites for hydroxylation is 1. The molecule has 0 bridgehead atoms. The third-order valence-corrected chi connectivity index (χ3v) is 4.57. The summed E-state index contributed by atoms with van der Waals surface area (Å²) in [5.74, 6) is 0. The highest BCUT2D eigenvalue weighted by molar-refractivity contribution is 5.86. The number of fused-ring (bicyclic) bond motifs is 2. The van der Waals surface area contributed by atoms with Gasteiger partial charge in [-0.25, -0.2) is 0 Å². The molecule has 104 valence electrons. The summed E-state index contributed by atoms with van der Waals surface area (Å²) in [5, 5.41) is 13.6. The van der Waals surface area contributed by atoms with Crippen LogP contribution in [-0.4, -0.2) is 10.1 Å². The first-order chi connectivity index (χ1) is 10.3. The number of aromatic nitrogens is 1. The quantitative estimate of drug-likeness (QED) is 0.732. The van der Waals surface area contributed by atoms with Gasteiger partial charge in [0, 0.05) is 17.8 Å². The Kier molecular flexibility index (Phi) is 2.79. The van der Waals surface area contributed by atoms with E-state index in [2.05, 4.69) is 23.2 Å². The van der Waals surface area contributed by atoms with Crippen LogP contribution in [-0.2, 0) is 12.0 Å². The van der Waals surface area contributed by atoms with Crippen molar-refractivity contribution in [2.24, 2.45) is 0 Å². The van der Waals surface area contributed by atoms with Crippen LogP contribution >= 0.6 is 0 Å². The molecule has 0 spiro atoms. The molecular weight excluding hydrogens is 258 g/mol. The van der Waals surface area contributed by atoms with Crippen molar-refractivity contribution in [1.82, 2.24) is 4.98 Å². The van der Waals surface area contributed by atoms with Crippen LogP contribution in [0.2, 0.25) is 0 Å². The normalized spacial score (nSPS) is 21.2. The summed E-state index contributed by atoms with van der Waals surface area (Å²) in [5.41, 5.74) is 2.42. The van der Waals surface area contributed by atoms with Crippen LogP contribution in [0.3, 0.4) is 0 Å². The van der Waals surface area contributed by atoms with Crippen LogP contribution in [0.1, 0.15) is 29.5 Å². The highest BCUT2D eigenvalue weighted by Crippen LogP contribution is 2.42. The van der Waals surface area contributed by atoms with Crippen molar-refractivity contribution in [2.45, 2.75) is 24.9 Å². The Hall–Kier alpha value is -2.19. The van der Waals surface area contributed by atoms with Gasteiger partial charge in [-0.2, -0.15) is 0 Å². The number of pyridine rings is 1. The molecule has 0 saturated heterocycles. The van der Waals surface area contributed by atoms with Crippen molar-refractivity contribution >= 4 is 10.8 Å². The van der Waals surface area contributed by atoms with Gasteiger partial charge in [-0.3, -0.25) is 4.98 Å². The average molecular weight is 275 g/mol. The van der Waals surface area contributed by atoms with E-state index in [0.717, 1.165) is 41.2 Å². The largest absolute Gasteiger partial charge is 0.380 e. The third kappa shape index (κ3) is 1.87. The van der Waals surface area contributed by atoms with E-state index in [4.69, 9.17) is 0 Å². The number of nitrogens with zero attached hydrogens (tertiary/aromatic N) is 1. The van der Waals surface area contributed by atoms with Crippen molar-refractivity contribution < 1.29 is 5.11 Å². The van der Waals surface area contributed by atoms with Crippen LogP contribution in [0.5, 0.6) is 0 Å². The summed E-state index contributed by atoms with van der Waals surface area (Å²) < 4.78 is 0. The molecule has 2 heteroatoms. The van der Waals surface area contributed by atoms with Gasteiger partial charge in [-0.15, -0.1) is 0 Å². The summed E-state index contributed by atoms with van der Waals surface area (Å²) in [6.45, 7) is 0. The summed E-state index contributed by atoms with van der Waals surface area (Å²) in [4.78, 5) is 4.18. The number of rotatable bonds is 1. The molecule has 1 atom stereocenters. The van der Waals surface area contributed by atoms with E-state index in [-0.39, 0.29) is 0 Å². The van der Waals surface area contributed by atoms with Gasteiger partial charge in [-0.05, 0) is 47.4 Å². The Morgan fingerprint density at radius 2 is 1.81 bits per heavy atom. The fourth-order valence-corrected chi connectivity index (χ4v) is 3.57. The fraction of sp³-hybridized carbons (Fsp3) is 0.211. The Bertz CT molecular complexity index is 806. The lowest BCUT2D eigenvalue weighted by Crippen LogP contribution is -2.32. The maximum absolute atomic E-state index is 11.5. The van der Waals surface area contributed by atoms with Crippen LogP contribution in [0.15, 0.2) is 60.9 Å². The van der Waals surface area contributed by atoms with Gasteiger partial charge in [0.25, 0.3) is 0 Å². The smallest absolute Gasteiger partial charge is 0.115 e. The molecule has 1 aromatic heterocycles. The number of hydrogen-bond acceptors (Lipinski definition) is 2. The lowest BCUT2D eigenvalue weighted by molar-refractivity contribution is 0.0631. The molecule has 0 amide bonds. The number of hydrogen-bond donors (Lipinski definition) is 1. The summed E-state index contributed by atoms with van der Waals surface area (Å²) >= 11 is 0. The summed E-state index contributed by atoms with van der Waals surface area (Å²) in [6, 6.07) is 16.4. The van der Waals surface area contributed by atoms with E-state index in [0.29, 0.717) is 0 Å². The Balaban J connectivity index is 2.01. The molecule has 21 heavy (non-hydrogen) atoms. The molecule has 1 heterocycles. The predicted molar refractivity (Wildman–Crippen MR) is 84.1 cm³/mol. The monoisotopic (exact) mass is 275 g/mol. The van der Waals surface area contributed by atoms with Crippen LogP contribution in [0.4, 0.5) is 0 Å². The maximum Gasteiger partial charge on any atom is 0.115 e. The minimum atomic E-state index is -0.893. The first-order valence-corrected chi connectivity index (χ1v) is 7.43. The van der Waals surface area contributed by atoms with Gasteiger partial charge in [0.2, 0.25) is 0 Å². The molecule has 1 aliphatic rings. The standard InChI is InChI=1S/C19H17NO/c21-19(11-4-7-14-5-1-2-8-17(14)19)18-9-3-6-15-13-20-12-10-16(15)18/h1-3,5-6,8-10,12-13,21H,4,7,11H2. The molecule has 2 aromatic carbocycles. The maximum atomic E-state index is 11.5. The van der Waals surface area contributed by atoms with E-state index in [1.165, 1.54) is 5.56 Å². The molecular formula is C19H17NO. The molecule has 4 rings (SSSR count). The first kappa shape index (κ1) is 12.5. The van der Waals surface area contributed by atoms with Crippen LogP contribution in [0, 0.1) is 0 Å². The second-order valence-electron chi connectivity index (χ2n) is 5.77. The SMILES string of the molecule is OC1(c2cccc3cnccc23)CCCc2ccccc21. The highest BCUT2D eigenvalue weighted by Gasteiger charge is 2.36. The predicted octanol–water partition coefficient (Wildman–Crippen LogP) is 3.81. The third-order valence-electron chi connectivity index (χ3n) is 4.57. The molecule has 0 aliphatic heterocycles. The molecule has 3 aromatic rings. The highest BCUT2D eigenvalue weighted by atomic mass is 16.3. The Morgan fingerprint density at radius 3 is 2.76 bits per heavy atom. The second kappa shape index (κ2) is 4.68. The van der Waals surface area contributed by atoms with Gasteiger partial charge >= 0.3 is 0 Å². The molecule has 1 N–H and O–H groups in total. The Labute approximate surface area is 124 Å². The molecule has 0 fully saturated rings. The summed E-state index contributed by atoms with van der Waals surface area (Å²) in [7, 11) is 0. The van der Waals surface area contributed by atoms with Crippen LogP contribution < -0.4 is 0 Å². The lowest BCUT2D eigenvalue weighted by Gasteiger charge is -2.35. The second-order valence-corrected chi connectivity index (χ2v) is 5.77. The zero-order valence-electron chi connectivity index (χ0n) is 11.8. The minimum absolute atomic E-state index is 0.769. The van der Waals surface area contributed by atoms with Gasteiger partial charge in [0.05, 0.1) is 0 Å². The summed E-state index contributed by atoms with van der Waals surface area (Å²) in [6.07, 6.45) is 6.48. The van der Waals surface area contributed by atoms with E-state index in [9.17, 15) is 5.11 Å². The molecule has 2 nitrogen and oxygen atoms in total. The molecule has 0 radical (unpaired) electrons. The van der Waals surface area contributed by atoms with Gasteiger partial charge in [0.1, 0.15) is 5.60 Å². The van der Waals surface area contributed by atoms with Crippen molar-refractivity contribution in [1.29, 1.82) is 0 Å². The van der Waals surface area contributed by atoms with E-state index in [1.54, 1.807) is 6.20 Å². The number of benzene rings is 2. The molecule has 1 unspecified atom stereocenters. The van der Waals surface area contributed by atoms with E-state index in [1.807, 2.05) is 36.5 Å².